The van der Waals surface area contributed by atoms with Crippen LogP contribution in [0.1, 0.15) is 51.9 Å². The molecule has 0 radical (unpaired) electrons. The first-order valence-electron chi connectivity index (χ1n) is 5.96. The maximum Gasteiger partial charge on any atom is 0.0516 e. The van der Waals surface area contributed by atoms with Crippen LogP contribution >= 0.6 is 0 Å². The summed E-state index contributed by atoms with van der Waals surface area (Å²) in [7, 11) is 0. The molecule has 1 saturated carbocycles. The van der Waals surface area contributed by atoms with Gasteiger partial charge in [0.25, 0.3) is 0 Å². The zero-order valence-electron chi connectivity index (χ0n) is 9.52. The van der Waals surface area contributed by atoms with Gasteiger partial charge in [-0.25, -0.2) is 0 Å². The van der Waals surface area contributed by atoms with Crippen LogP contribution < -0.4 is 0 Å². The summed E-state index contributed by atoms with van der Waals surface area (Å²) in [5.41, 5.74) is 8.53. The van der Waals surface area contributed by atoms with Gasteiger partial charge in [-0.1, -0.05) is 24.9 Å². The molecule has 1 fully saturated rings. The number of nitrogens with zero attached hydrogens (tertiary/aromatic N) is 3. The zero-order valence-corrected chi connectivity index (χ0v) is 9.52. The highest BCUT2D eigenvalue weighted by atomic mass is 16.2. The summed E-state index contributed by atoms with van der Waals surface area (Å²) in [6, 6.07) is 0. The van der Waals surface area contributed by atoms with Crippen LogP contribution in [0.5, 0.6) is 0 Å². The molecule has 15 heavy (non-hydrogen) atoms. The van der Waals surface area contributed by atoms with Crippen LogP contribution in [0.25, 0.3) is 10.4 Å². The summed E-state index contributed by atoms with van der Waals surface area (Å²) in [5.74, 6) is 0.487. The highest BCUT2D eigenvalue weighted by molar-refractivity contribution is 4.99. The van der Waals surface area contributed by atoms with E-state index >= 15 is 0 Å². The van der Waals surface area contributed by atoms with Gasteiger partial charge in [-0.05, 0) is 43.6 Å². The van der Waals surface area contributed by atoms with Crippen molar-refractivity contribution in [3.05, 3.63) is 10.4 Å². The molecule has 1 rings (SSSR count). The Morgan fingerprint density at radius 3 is 3.00 bits per heavy atom. The summed E-state index contributed by atoms with van der Waals surface area (Å²) in [5, 5.41) is 12.9. The van der Waals surface area contributed by atoms with Crippen molar-refractivity contribution in [2.75, 3.05) is 6.61 Å². The molecule has 1 aliphatic rings. The van der Waals surface area contributed by atoms with E-state index in [1.165, 1.54) is 0 Å². The number of rotatable bonds is 6. The van der Waals surface area contributed by atoms with Gasteiger partial charge < -0.3 is 5.11 Å². The Labute approximate surface area is 91.3 Å². The third-order valence-corrected chi connectivity index (χ3v) is 3.56. The van der Waals surface area contributed by atoms with E-state index in [9.17, 15) is 0 Å². The van der Waals surface area contributed by atoms with Crippen LogP contribution in [0, 0.1) is 5.92 Å². The minimum atomic E-state index is -0.140. The fourth-order valence-electron chi connectivity index (χ4n) is 2.91. The predicted octanol–water partition coefficient (Wildman–Crippen LogP) is 3.41. The molecule has 0 aromatic rings. The minimum Gasteiger partial charge on any atom is -0.396 e. The molecule has 0 saturated heterocycles. The molecule has 86 valence electrons. The monoisotopic (exact) mass is 211 g/mol. The fourth-order valence-corrected chi connectivity index (χ4v) is 2.91. The van der Waals surface area contributed by atoms with Gasteiger partial charge in [0.05, 0.1) is 5.54 Å². The second-order valence-electron chi connectivity index (χ2n) is 4.50. The first-order valence-corrected chi connectivity index (χ1v) is 5.96. The van der Waals surface area contributed by atoms with Gasteiger partial charge in [0.2, 0.25) is 0 Å². The average molecular weight is 211 g/mol. The van der Waals surface area contributed by atoms with Crippen molar-refractivity contribution in [2.24, 2.45) is 11.0 Å². The van der Waals surface area contributed by atoms with E-state index in [1.54, 1.807) is 0 Å². The quantitative estimate of drug-likeness (QED) is 0.408. The van der Waals surface area contributed by atoms with Gasteiger partial charge in [-0.3, -0.25) is 0 Å². The average Bonchev–Trinajstić information content (AvgIpc) is 2.59. The Morgan fingerprint density at radius 1 is 1.60 bits per heavy atom. The largest absolute Gasteiger partial charge is 0.396 e. The third kappa shape index (κ3) is 2.86. The first-order chi connectivity index (χ1) is 7.29. The lowest BCUT2D eigenvalue weighted by Crippen LogP contribution is -2.30. The summed E-state index contributed by atoms with van der Waals surface area (Å²) >= 11 is 0. The smallest absolute Gasteiger partial charge is 0.0516 e. The number of aliphatic hydroxyl groups excluding tert-OH is 1. The SMILES string of the molecule is CCCC1(N=[N+]=[N-])CCC[C@@H]1CCCO. The molecule has 0 aromatic carbocycles. The van der Waals surface area contributed by atoms with Gasteiger partial charge >= 0.3 is 0 Å². The molecule has 4 heteroatoms. The van der Waals surface area contributed by atoms with Crippen molar-refractivity contribution >= 4 is 0 Å². The molecule has 1 aliphatic carbocycles. The van der Waals surface area contributed by atoms with E-state index in [0.29, 0.717) is 5.92 Å². The Kier molecular flexibility index (Phi) is 4.92. The van der Waals surface area contributed by atoms with Crippen LogP contribution in [0.15, 0.2) is 5.11 Å². The molecular formula is C11H21N3O. The van der Waals surface area contributed by atoms with Crippen molar-refractivity contribution < 1.29 is 5.11 Å². The van der Waals surface area contributed by atoms with Gasteiger partial charge in [0.1, 0.15) is 0 Å². The molecule has 1 N–H and O–H groups in total. The highest BCUT2D eigenvalue weighted by Gasteiger charge is 2.40. The van der Waals surface area contributed by atoms with Crippen LogP contribution in [0.2, 0.25) is 0 Å². The van der Waals surface area contributed by atoms with Gasteiger partial charge in [-0.2, -0.15) is 0 Å². The summed E-state index contributed by atoms with van der Waals surface area (Å²) in [6.07, 6.45) is 7.23. The molecule has 0 heterocycles. The van der Waals surface area contributed by atoms with E-state index in [1.807, 2.05) is 0 Å². The minimum absolute atomic E-state index is 0.140. The van der Waals surface area contributed by atoms with E-state index in [-0.39, 0.29) is 12.1 Å². The Bertz CT molecular complexity index is 238. The normalized spacial score (nSPS) is 30.1. The number of hydrogen-bond acceptors (Lipinski definition) is 2. The second kappa shape index (κ2) is 5.99. The molecule has 4 nitrogen and oxygen atoms in total. The summed E-state index contributed by atoms with van der Waals surface area (Å²) < 4.78 is 0. The molecule has 0 aromatic heterocycles. The van der Waals surface area contributed by atoms with Crippen LogP contribution in [-0.2, 0) is 0 Å². The van der Waals surface area contributed by atoms with E-state index in [2.05, 4.69) is 16.9 Å². The molecule has 1 unspecified atom stereocenters. The lowest BCUT2D eigenvalue weighted by Gasteiger charge is -2.30. The predicted molar refractivity (Wildman–Crippen MR) is 60.4 cm³/mol. The van der Waals surface area contributed by atoms with Crippen molar-refractivity contribution in [3.8, 4) is 0 Å². The molecule has 2 atom stereocenters. The van der Waals surface area contributed by atoms with Crippen molar-refractivity contribution in [2.45, 2.75) is 57.4 Å². The zero-order chi connectivity index (χ0) is 11.1. The van der Waals surface area contributed by atoms with Crippen LogP contribution in [0.3, 0.4) is 0 Å². The van der Waals surface area contributed by atoms with Gasteiger partial charge in [0.15, 0.2) is 0 Å². The Balaban J connectivity index is 2.70. The van der Waals surface area contributed by atoms with Gasteiger partial charge in [-0.15, -0.1) is 0 Å². The Hall–Kier alpha value is -0.730. The van der Waals surface area contributed by atoms with Gasteiger partial charge in [0, 0.05) is 11.5 Å². The maximum absolute atomic E-state index is 8.85. The van der Waals surface area contributed by atoms with Crippen molar-refractivity contribution in [1.82, 2.24) is 0 Å². The van der Waals surface area contributed by atoms with Crippen LogP contribution in [0.4, 0.5) is 0 Å². The van der Waals surface area contributed by atoms with Crippen LogP contribution in [-0.4, -0.2) is 17.3 Å². The molecule has 0 aliphatic heterocycles. The van der Waals surface area contributed by atoms with Crippen molar-refractivity contribution in [3.63, 3.8) is 0 Å². The van der Waals surface area contributed by atoms with E-state index in [4.69, 9.17) is 10.6 Å². The maximum atomic E-state index is 8.85. The molecule has 0 spiro atoms. The fraction of sp³-hybridized carbons (Fsp3) is 1.00. The highest BCUT2D eigenvalue weighted by Crippen LogP contribution is 2.44. The summed E-state index contributed by atoms with van der Waals surface area (Å²) in [6.45, 7) is 2.38. The number of aliphatic hydroxyl groups is 1. The topological polar surface area (TPSA) is 69.0 Å². The lowest BCUT2D eigenvalue weighted by atomic mass is 9.81. The number of azide groups is 1. The molecule has 0 amide bonds. The second-order valence-corrected chi connectivity index (χ2v) is 4.50. The van der Waals surface area contributed by atoms with Crippen molar-refractivity contribution in [1.29, 1.82) is 0 Å². The first kappa shape index (κ1) is 12.3. The summed E-state index contributed by atoms with van der Waals surface area (Å²) in [4.78, 5) is 3.03. The standard InChI is InChI=1S/C11H21N3O/c1-2-7-11(13-14-12)8-3-5-10(11)6-4-9-15/h10,15H,2-9H2,1H3/t10-,11?/m1/s1. The third-order valence-electron chi connectivity index (χ3n) is 3.56. The van der Waals surface area contributed by atoms with E-state index in [0.717, 1.165) is 44.9 Å². The molecule has 0 bridgehead atoms. The lowest BCUT2D eigenvalue weighted by molar-refractivity contribution is 0.233. The Morgan fingerprint density at radius 2 is 2.40 bits per heavy atom. The molecular weight excluding hydrogens is 190 g/mol. The number of hydrogen-bond donors (Lipinski definition) is 1. The van der Waals surface area contributed by atoms with E-state index < -0.39 is 0 Å².